The molecule has 3 aliphatic rings. The Labute approximate surface area is 225 Å². The smallest absolute Gasteiger partial charge is 0.258 e. The summed E-state index contributed by atoms with van der Waals surface area (Å²) in [4.78, 5) is 22.1. The molecule has 4 heterocycles. The Hall–Kier alpha value is -3.25. The minimum Gasteiger partial charge on any atom is -0.460 e. The molecular weight excluding hydrogens is 528 g/mol. The largest absolute Gasteiger partial charge is 0.460 e. The molecule has 2 saturated heterocycles. The fourth-order valence-corrected chi connectivity index (χ4v) is 6.37. The first-order chi connectivity index (χ1) is 18.6. The molecule has 2 N–H and O–H groups in total. The Morgan fingerprint density at radius 1 is 0.974 bits per heavy atom. The number of anilines is 3. The van der Waals surface area contributed by atoms with E-state index in [1.54, 1.807) is 23.1 Å². The molecule has 1 saturated carbocycles. The number of amides is 1. The fraction of sp³-hybridized carbons (Fsp3) is 0.481. The van der Waals surface area contributed by atoms with Gasteiger partial charge in [0.2, 0.25) is 10.0 Å². The summed E-state index contributed by atoms with van der Waals surface area (Å²) < 4.78 is 60.6. The van der Waals surface area contributed by atoms with Gasteiger partial charge in [-0.15, -0.1) is 0 Å². The molecule has 1 spiro atoms. The van der Waals surface area contributed by atoms with Gasteiger partial charge in [0, 0.05) is 44.4 Å². The number of sulfonamides is 1. The molecule has 2 aromatic heterocycles. The molecule has 0 bridgehead atoms. The SMILES string of the molecule is CNS(=O)(=O)c1ccc(C(=O)Nc2cc3ccoc3c(N3CCC(F)(F)CC3)n2)c(N2CCC3(CC2)CC3)c1. The fourth-order valence-electron chi connectivity index (χ4n) is 5.62. The van der Waals surface area contributed by atoms with Crippen LogP contribution in [0.25, 0.3) is 11.0 Å². The second-order valence-corrected chi connectivity index (χ2v) is 12.7. The second kappa shape index (κ2) is 9.44. The third-order valence-electron chi connectivity index (χ3n) is 8.37. The van der Waals surface area contributed by atoms with E-state index < -0.39 is 21.9 Å². The Morgan fingerprint density at radius 2 is 1.67 bits per heavy atom. The number of hydrogen-bond acceptors (Lipinski definition) is 7. The first kappa shape index (κ1) is 26.0. The summed E-state index contributed by atoms with van der Waals surface area (Å²) in [6.07, 6.45) is 5.40. The number of carbonyl (C=O) groups excluding carboxylic acids is 1. The molecular formula is C27H31F2N5O4S. The Kier molecular flexibility index (Phi) is 6.29. The van der Waals surface area contributed by atoms with Crippen molar-refractivity contribution in [2.45, 2.75) is 49.3 Å². The number of pyridine rings is 1. The van der Waals surface area contributed by atoms with Crippen molar-refractivity contribution in [1.82, 2.24) is 9.71 Å². The van der Waals surface area contributed by atoms with Gasteiger partial charge in [-0.3, -0.25) is 4.79 Å². The predicted molar refractivity (Wildman–Crippen MR) is 144 cm³/mol. The van der Waals surface area contributed by atoms with Crippen LogP contribution in [0.2, 0.25) is 0 Å². The van der Waals surface area contributed by atoms with E-state index in [1.807, 2.05) is 0 Å². The second-order valence-electron chi connectivity index (χ2n) is 10.8. The molecule has 1 aromatic carbocycles. The average Bonchev–Trinajstić information content (AvgIpc) is 3.50. The molecule has 6 rings (SSSR count). The molecule has 3 fully saturated rings. The highest BCUT2D eigenvalue weighted by Crippen LogP contribution is 2.54. The zero-order chi connectivity index (χ0) is 27.4. The quantitative estimate of drug-likeness (QED) is 0.454. The van der Waals surface area contributed by atoms with Crippen LogP contribution in [0, 0.1) is 5.41 Å². The molecule has 0 unspecified atom stereocenters. The van der Waals surface area contributed by atoms with E-state index in [4.69, 9.17) is 4.42 Å². The minimum absolute atomic E-state index is 0.0883. The van der Waals surface area contributed by atoms with Crippen molar-refractivity contribution in [2.75, 3.05) is 48.3 Å². The van der Waals surface area contributed by atoms with Crippen LogP contribution >= 0.6 is 0 Å². The maximum atomic E-state index is 13.8. The Bertz CT molecular complexity index is 1520. The zero-order valence-corrected chi connectivity index (χ0v) is 22.5. The van der Waals surface area contributed by atoms with Crippen LogP contribution in [-0.2, 0) is 10.0 Å². The number of nitrogens with zero attached hydrogens (tertiary/aromatic N) is 3. The van der Waals surface area contributed by atoms with E-state index in [9.17, 15) is 22.0 Å². The number of piperidine rings is 2. The van der Waals surface area contributed by atoms with Gasteiger partial charge in [-0.1, -0.05) is 0 Å². The number of rotatable bonds is 6. The van der Waals surface area contributed by atoms with Gasteiger partial charge in [0.25, 0.3) is 11.8 Å². The van der Waals surface area contributed by atoms with Gasteiger partial charge >= 0.3 is 0 Å². The number of carbonyl (C=O) groups is 1. The van der Waals surface area contributed by atoms with Crippen LogP contribution in [0.1, 0.15) is 48.9 Å². The number of halogens is 2. The van der Waals surface area contributed by atoms with E-state index in [1.165, 1.54) is 38.3 Å². The molecule has 2 aliphatic heterocycles. The van der Waals surface area contributed by atoms with Gasteiger partial charge in [0.1, 0.15) is 5.82 Å². The summed E-state index contributed by atoms with van der Waals surface area (Å²) >= 11 is 0. The lowest BCUT2D eigenvalue weighted by Crippen LogP contribution is -2.39. The molecule has 0 radical (unpaired) electrons. The standard InChI is InChI=1S/C27H31F2N5O4S/c1-30-39(36,37)19-2-3-20(21(17-19)33-11-7-26(5-6-26)8-12-33)25(35)32-22-16-18-4-15-38-23(18)24(31-22)34-13-9-27(28,29)10-14-34/h2-4,15-17,30H,5-14H2,1H3,(H,31,32,35). The van der Waals surface area contributed by atoms with Gasteiger partial charge in [-0.2, -0.15) is 0 Å². The van der Waals surface area contributed by atoms with Crippen molar-refractivity contribution >= 4 is 44.2 Å². The van der Waals surface area contributed by atoms with E-state index in [0.717, 1.165) is 25.9 Å². The highest BCUT2D eigenvalue weighted by atomic mass is 32.2. The average molecular weight is 560 g/mol. The van der Waals surface area contributed by atoms with E-state index >= 15 is 0 Å². The van der Waals surface area contributed by atoms with Crippen LogP contribution in [0.4, 0.5) is 26.1 Å². The van der Waals surface area contributed by atoms with Crippen molar-refractivity contribution < 1.29 is 26.4 Å². The highest BCUT2D eigenvalue weighted by molar-refractivity contribution is 7.89. The van der Waals surface area contributed by atoms with E-state index in [-0.39, 0.29) is 36.6 Å². The molecule has 3 aromatic rings. The molecule has 39 heavy (non-hydrogen) atoms. The molecule has 1 amide bonds. The van der Waals surface area contributed by atoms with Crippen LogP contribution < -0.4 is 19.8 Å². The van der Waals surface area contributed by atoms with Crippen molar-refractivity contribution in [3.05, 3.63) is 42.2 Å². The molecule has 0 atom stereocenters. The number of alkyl halides is 2. The van der Waals surface area contributed by atoms with Crippen LogP contribution in [0.3, 0.4) is 0 Å². The van der Waals surface area contributed by atoms with Gasteiger partial charge in [-0.25, -0.2) is 26.9 Å². The first-order valence-electron chi connectivity index (χ1n) is 13.2. The van der Waals surface area contributed by atoms with Crippen LogP contribution in [-0.4, -0.2) is 58.5 Å². The van der Waals surface area contributed by atoms with Gasteiger partial charge in [0.15, 0.2) is 11.4 Å². The molecule has 1 aliphatic carbocycles. The minimum atomic E-state index is -3.71. The topological polar surface area (TPSA) is 108 Å². The van der Waals surface area contributed by atoms with Crippen molar-refractivity contribution in [3.8, 4) is 0 Å². The van der Waals surface area contributed by atoms with Crippen molar-refractivity contribution in [3.63, 3.8) is 0 Å². The summed E-state index contributed by atoms with van der Waals surface area (Å²) in [6, 6.07) is 7.91. The number of hydrogen-bond donors (Lipinski definition) is 2. The number of benzene rings is 1. The molecule has 208 valence electrons. The van der Waals surface area contributed by atoms with Gasteiger partial charge in [0.05, 0.1) is 22.4 Å². The summed E-state index contributed by atoms with van der Waals surface area (Å²) in [6.45, 7) is 1.73. The van der Waals surface area contributed by atoms with Gasteiger partial charge in [-0.05, 0) is 68.5 Å². The Morgan fingerprint density at radius 3 is 2.33 bits per heavy atom. The predicted octanol–water partition coefficient (Wildman–Crippen LogP) is 4.60. The molecule has 9 nitrogen and oxygen atoms in total. The zero-order valence-electron chi connectivity index (χ0n) is 21.7. The highest BCUT2D eigenvalue weighted by Gasteiger charge is 2.44. The first-order valence-corrected chi connectivity index (χ1v) is 14.7. The lowest BCUT2D eigenvalue weighted by molar-refractivity contribution is -0.0221. The summed E-state index contributed by atoms with van der Waals surface area (Å²) in [7, 11) is -2.35. The maximum Gasteiger partial charge on any atom is 0.258 e. The summed E-state index contributed by atoms with van der Waals surface area (Å²) in [5.41, 5.74) is 1.78. The number of furan rings is 1. The Balaban J connectivity index is 1.31. The summed E-state index contributed by atoms with van der Waals surface area (Å²) in [5.74, 6) is -2.47. The maximum absolute atomic E-state index is 13.8. The monoisotopic (exact) mass is 559 g/mol. The number of fused-ring (bicyclic) bond motifs is 1. The molecule has 12 heteroatoms. The normalized spacial score (nSPS) is 20.4. The van der Waals surface area contributed by atoms with Crippen molar-refractivity contribution in [1.29, 1.82) is 0 Å². The lowest BCUT2D eigenvalue weighted by Gasteiger charge is -2.35. The van der Waals surface area contributed by atoms with Gasteiger partial charge < -0.3 is 19.5 Å². The number of nitrogens with one attached hydrogen (secondary N) is 2. The third-order valence-corrected chi connectivity index (χ3v) is 9.78. The van der Waals surface area contributed by atoms with Crippen LogP contribution in [0.15, 0.2) is 45.9 Å². The van der Waals surface area contributed by atoms with E-state index in [2.05, 4.69) is 19.9 Å². The van der Waals surface area contributed by atoms with Crippen molar-refractivity contribution in [2.24, 2.45) is 5.41 Å². The third kappa shape index (κ3) is 5.07. The summed E-state index contributed by atoms with van der Waals surface area (Å²) in [5, 5.41) is 3.55. The number of aromatic nitrogens is 1. The van der Waals surface area contributed by atoms with E-state index in [0.29, 0.717) is 33.5 Å². The lowest BCUT2D eigenvalue weighted by atomic mass is 9.93. The van der Waals surface area contributed by atoms with Crippen LogP contribution in [0.5, 0.6) is 0 Å².